The Bertz CT molecular complexity index is 1170. The third-order valence-electron chi connectivity index (χ3n) is 5.13. The Kier molecular flexibility index (Phi) is 7.60. The van der Waals surface area contributed by atoms with Gasteiger partial charge >= 0.3 is 5.97 Å². The van der Waals surface area contributed by atoms with Crippen molar-refractivity contribution in [3.8, 4) is 11.6 Å². The number of fused-ring (bicyclic) bond motifs is 1. The first-order chi connectivity index (χ1) is 15.9. The Hall–Kier alpha value is -2.11. The van der Waals surface area contributed by atoms with E-state index < -0.39 is 0 Å². The van der Waals surface area contributed by atoms with Crippen LogP contribution < -0.4 is 5.32 Å². The number of ether oxygens (including phenoxy) is 1. The number of aromatic nitrogens is 3. The molecule has 3 aromatic rings. The summed E-state index contributed by atoms with van der Waals surface area (Å²) in [7, 11) is 0. The molecule has 1 amide bonds. The third-order valence-corrected chi connectivity index (χ3v) is 7.73. The van der Waals surface area contributed by atoms with Gasteiger partial charge in [-0.2, -0.15) is 0 Å². The van der Waals surface area contributed by atoms with Gasteiger partial charge < -0.3 is 14.5 Å². The van der Waals surface area contributed by atoms with Gasteiger partial charge in [-0.1, -0.05) is 11.8 Å². The van der Waals surface area contributed by atoms with Gasteiger partial charge in [-0.05, 0) is 80.1 Å². The van der Waals surface area contributed by atoms with Crippen molar-refractivity contribution in [1.82, 2.24) is 14.8 Å². The normalized spacial score (nSPS) is 13.2. The molecule has 11 heteroatoms. The maximum atomic E-state index is 12.8. The van der Waals surface area contributed by atoms with Gasteiger partial charge in [-0.3, -0.25) is 9.36 Å². The van der Waals surface area contributed by atoms with Gasteiger partial charge in [0.25, 0.3) is 0 Å². The molecule has 4 rings (SSSR count). The zero-order valence-corrected chi connectivity index (χ0v) is 21.9. The van der Waals surface area contributed by atoms with Crippen LogP contribution in [-0.4, -0.2) is 38.5 Å². The number of anilines is 1. The Labute approximate surface area is 208 Å². The van der Waals surface area contributed by atoms with E-state index in [2.05, 4.69) is 31.4 Å². The summed E-state index contributed by atoms with van der Waals surface area (Å²) in [5.41, 5.74) is 1.55. The molecule has 176 valence electrons. The lowest BCUT2D eigenvalue weighted by Gasteiger charge is -2.14. The van der Waals surface area contributed by atoms with Crippen LogP contribution in [0.5, 0.6) is 0 Å². The number of hydrogen-bond acceptors (Lipinski definition) is 8. The first-order valence-corrected chi connectivity index (χ1v) is 13.4. The topological polar surface area (TPSA) is 99.2 Å². The second kappa shape index (κ2) is 10.4. The number of carbonyl (C=O) groups excluding carboxylic acids is 2. The lowest BCUT2D eigenvalue weighted by atomic mass is 9.95. The average molecular weight is 554 g/mol. The van der Waals surface area contributed by atoms with Gasteiger partial charge in [0.15, 0.2) is 15.6 Å². The van der Waals surface area contributed by atoms with Crippen molar-refractivity contribution in [3.05, 3.63) is 32.8 Å². The van der Waals surface area contributed by atoms with Crippen molar-refractivity contribution in [1.29, 1.82) is 0 Å². The fraction of sp³-hybridized carbons (Fsp3) is 0.455. The smallest absolute Gasteiger partial charge is 0.341 e. The van der Waals surface area contributed by atoms with Gasteiger partial charge in [0.05, 0.1) is 17.4 Å². The SMILES string of the molecule is CCn1c(SCC(=O)Nc2sc3c(c2C(=O)OC(C)C)CCCC3)nnc1-c1ccc(Br)o1. The van der Waals surface area contributed by atoms with E-state index in [1.807, 2.05) is 31.4 Å². The van der Waals surface area contributed by atoms with E-state index in [1.54, 1.807) is 6.07 Å². The number of amides is 1. The molecule has 1 N–H and O–H groups in total. The maximum absolute atomic E-state index is 12.8. The molecule has 3 aromatic heterocycles. The molecular formula is C22H25BrN4O4S2. The standard InChI is InChI=1S/C22H25BrN4O4S2/c1-4-27-19(14-9-10-16(23)31-14)25-26-22(27)32-11-17(28)24-20-18(21(29)30-12(2)3)13-7-5-6-8-15(13)33-20/h9-10,12H,4-8,11H2,1-3H3,(H,24,28). The first kappa shape index (κ1) is 24.0. The minimum absolute atomic E-state index is 0.140. The van der Waals surface area contributed by atoms with Crippen LogP contribution in [-0.2, 0) is 28.9 Å². The predicted octanol–water partition coefficient (Wildman–Crippen LogP) is 5.56. The van der Waals surface area contributed by atoms with Crippen molar-refractivity contribution in [2.24, 2.45) is 0 Å². The quantitative estimate of drug-likeness (QED) is 0.288. The summed E-state index contributed by atoms with van der Waals surface area (Å²) in [6.07, 6.45) is 3.68. The number of halogens is 1. The fourth-order valence-electron chi connectivity index (χ4n) is 3.73. The summed E-state index contributed by atoms with van der Waals surface area (Å²) < 4.78 is 13.6. The summed E-state index contributed by atoms with van der Waals surface area (Å²) in [6, 6.07) is 3.62. The number of thioether (sulfide) groups is 1. The summed E-state index contributed by atoms with van der Waals surface area (Å²) in [5.74, 6) is 0.777. The van der Waals surface area contributed by atoms with Crippen molar-refractivity contribution >= 4 is 55.9 Å². The van der Waals surface area contributed by atoms with Crippen molar-refractivity contribution in [2.75, 3.05) is 11.1 Å². The summed E-state index contributed by atoms with van der Waals surface area (Å²) in [5, 5.41) is 12.6. The van der Waals surface area contributed by atoms with Crippen LogP contribution in [0.1, 0.15) is 54.4 Å². The van der Waals surface area contributed by atoms with Crippen LogP contribution in [0.15, 0.2) is 26.4 Å². The molecule has 0 saturated carbocycles. The largest absolute Gasteiger partial charge is 0.459 e. The Morgan fingerprint density at radius 1 is 1.30 bits per heavy atom. The van der Waals surface area contributed by atoms with Gasteiger partial charge in [0.1, 0.15) is 5.00 Å². The summed E-state index contributed by atoms with van der Waals surface area (Å²) in [6.45, 7) is 6.27. The van der Waals surface area contributed by atoms with Crippen molar-refractivity contribution in [2.45, 2.75) is 64.3 Å². The molecule has 0 radical (unpaired) electrons. The van der Waals surface area contributed by atoms with Crippen molar-refractivity contribution in [3.63, 3.8) is 0 Å². The molecular weight excluding hydrogens is 528 g/mol. The Morgan fingerprint density at radius 3 is 2.79 bits per heavy atom. The second-order valence-corrected chi connectivity index (χ2v) is 10.7. The van der Waals surface area contributed by atoms with Crippen molar-refractivity contribution < 1.29 is 18.7 Å². The Balaban J connectivity index is 1.48. The van der Waals surface area contributed by atoms with E-state index in [0.717, 1.165) is 31.2 Å². The zero-order valence-electron chi connectivity index (χ0n) is 18.6. The number of nitrogens with zero attached hydrogens (tertiary/aromatic N) is 3. The van der Waals surface area contributed by atoms with E-state index in [9.17, 15) is 9.59 Å². The number of esters is 1. The lowest BCUT2D eigenvalue weighted by Crippen LogP contribution is -2.19. The van der Waals surface area contributed by atoms with Crippen LogP contribution >= 0.6 is 39.0 Å². The number of carbonyl (C=O) groups is 2. The van der Waals surface area contributed by atoms with Crippen LogP contribution in [0, 0.1) is 0 Å². The molecule has 3 heterocycles. The van der Waals surface area contributed by atoms with E-state index >= 15 is 0 Å². The molecule has 0 aromatic carbocycles. The summed E-state index contributed by atoms with van der Waals surface area (Å²) >= 11 is 6.08. The van der Waals surface area contributed by atoms with E-state index in [4.69, 9.17) is 9.15 Å². The van der Waals surface area contributed by atoms with Gasteiger partial charge in [-0.15, -0.1) is 21.5 Å². The number of rotatable bonds is 8. The highest BCUT2D eigenvalue weighted by Gasteiger charge is 2.28. The molecule has 0 saturated heterocycles. The highest BCUT2D eigenvalue weighted by Crippen LogP contribution is 2.39. The maximum Gasteiger partial charge on any atom is 0.341 e. The lowest BCUT2D eigenvalue weighted by molar-refractivity contribution is -0.113. The van der Waals surface area contributed by atoms with Gasteiger partial charge in [0, 0.05) is 11.4 Å². The van der Waals surface area contributed by atoms with Crippen LogP contribution in [0.25, 0.3) is 11.6 Å². The number of thiophene rings is 1. The molecule has 0 fully saturated rings. The minimum Gasteiger partial charge on any atom is -0.459 e. The Morgan fingerprint density at radius 2 is 2.09 bits per heavy atom. The highest BCUT2D eigenvalue weighted by molar-refractivity contribution is 9.10. The molecule has 0 aliphatic heterocycles. The monoisotopic (exact) mass is 552 g/mol. The van der Waals surface area contributed by atoms with E-state index in [1.165, 1.54) is 28.0 Å². The number of furan rings is 1. The van der Waals surface area contributed by atoms with Crippen LogP contribution in [0.2, 0.25) is 0 Å². The van der Waals surface area contributed by atoms with Gasteiger partial charge in [-0.25, -0.2) is 4.79 Å². The number of hydrogen-bond donors (Lipinski definition) is 1. The van der Waals surface area contributed by atoms with Gasteiger partial charge in [0.2, 0.25) is 11.7 Å². The molecule has 0 atom stereocenters. The molecule has 8 nitrogen and oxygen atoms in total. The average Bonchev–Trinajstić information content (AvgIpc) is 3.47. The van der Waals surface area contributed by atoms with E-state index in [0.29, 0.717) is 38.5 Å². The minimum atomic E-state index is -0.368. The molecule has 0 bridgehead atoms. The highest BCUT2D eigenvalue weighted by atomic mass is 79.9. The van der Waals surface area contributed by atoms with E-state index in [-0.39, 0.29) is 23.7 Å². The van der Waals surface area contributed by atoms with Crippen LogP contribution in [0.3, 0.4) is 0 Å². The first-order valence-electron chi connectivity index (χ1n) is 10.8. The molecule has 33 heavy (non-hydrogen) atoms. The molecule has 1 aliphatic carbocycles. The van der Waals surface area contributed by atoms with Crippen LogP contribution in [0.4, 0.5) is 5.00 Å². The zero-order chi connectivity index (χ0) is 23.5. The molecule has 1 aliphatic rings. The molecule has 0 spiro atoms. The number of aryl methyl sites for hydroxylation is 1. The number of nitrogens with one attached hydrogen (secondary N) is 1. The third kappa shape index (κ3) is 5.36. The summed E-state index contributed by atoms with van der Waals surface area (Å²) in [4.78, 5) is 26.8. The molecule has 0 unspecified atom stereocenters. The second-order valence-electron chi connectivity index (χ2n) is 7.86. The fourth-order valence-corrected chi connectivity index (χ4v) is 6.14. The predicted molar refractivity (Wildman–Crippen MR) is 132 cm³/mol.